The first-order chi connectivity index (χ1) is 14.4. The third-order valence-corrected chi connectivity index (χ3v) is 5.54. The number of hydrogen-bond donors (Lipinski definition) is 1. The number of nitriles is 1. The van der Waals surface area contributed by atoms with Crippen molar-refractivity contribution >= 4 is 40.9 Å². The SMILES string of the molecule is CC1Sc2ccc(C(=O)OCC(=O)N(CCC#N)c3ccc(F)cc3)cc2NC1=O. The lowest BCUT2D eigenvalue weighted by Crippen LogP contribution is -2.35. The van der Waals surface area contributed by atoms with E-state index in [1.54, 1.807) is 19.1 Å². The van der Waals surface area contributed by atoms with E-state index in [1.807, 2.05) is 6.07 Å². The summed E-state index contributed by atoms with van der Waals surface area (Å²) < 4.78 is 18.3. The van der Waals surface area contributed by atoms with Crippen LogP contribution in [-0.4, -0.2) is 36.2 Å². The summed E-state index contributed by atoms with van der Waals surface area (Å²) in [7, 11) is 0. The second kappa shape index (κ2) is 9.41. The lowest BCUT2D eigenvalue weighted by molar-refractivity contribution is -0.121. The lowest BCUT2D eigenvalue weighted by atomic mass is 10.2. The second-order valence-corrected chi connectivity index (χ2v) is 7.85. The third-order valence-electron chi connectivity index (χ3n) is 4.36. The average molecular weight is 427 g/mol. The Balaban J connectivity index is 1.67. The minimum Gasteiger partial charge on any atom is -0.452 e. The summed E-state index contributed by atoms with van der Waals surface area (Å²) in [5.41, 5.74) is 1.11. The first-order valence-electron chi connectivity index (χ1n) is 9.10. The lowest BCUT2D eigenvalue weighted by Gasteiger charge is -2.22. The van der Waals surface area contributed by atoms with Gasteiger partial charge in [0.25, 0.3) is 5.91 Å². The maximum absolute atomic E-state index is 13.2. The molecule has 0 spiro atoms. The van der Waals surface area contributed by atoms with Gasteiger partial charge in [-0.3, -0.25) is 9.59 Å². The molecule has 1 atom stereocenters. The summed E-state index contributed by atoms with van der Waals surface area (Å²) in [6.07, 6.45) is 0.0671. The van der Waals surface area contributed by atoms with Gasteiger partial charge in [-0.05, 0) is 49.4 Å². The van der Waals surface area contributed by atoms with Crippen LogP contribution in [-0.2, 0) is 14.3 Å². The third kappa shape index (κ3) is 4.96. The van der Waals surface area contributed by atoms with Gasteiger partial charge in [0, 0.05) is 17.1 Å². The maximum atomic E-state index is 13.2. The number of carbonyl (C=O) groups is 3. The molecule has 1 aliphatic heterocycles. The molecule has 0 radical (unpaired) electrons. The number of thioether (sulfide) groups is 1. The molecule has 0 aromatic heterocycles. The van der Waals surface area contributed by atoms with Crippen molar-refractivity contribution in [3.63, 3.8) is 0 Å². The number of halogens is 1. The smallest absolute Gasteiger partial charge is 0.338 e. The molecule has 1 heterocycles. The topological polar surface area (TPSA) is 99.5 Å². The largest absolute Gasteiger partial charge is 0.452 e. The van der Waals surface area contributed by atoms with Crippen molar-refractivity contribution in [1.29, 1.82) is 5.26 Å². The summed E-state index contributed by atoms with van der Waals surface area (Å²) in [5.74, 6) is -1.87. The van der Waals surface area contributed by atoms with Crippen LogP contribution in [0.3, 0.4) is 0 Å². The maximum Gasteiger partial charge on any atom is 0.338 e. The summed E-state index contributed by atoms with van der Waals surface area (Å²) >= 11 is 1.39. The Morgan fingerprint density at radius 2 is 2.00 bits per heavy atom. The van der Waals surface area contributed by atoms with E-state index >= 15 is 0 Å². The van der Waals surface area contributed by atoms with Crippen LogP contribution in [0.25, 0.3) is 0 Å². The number of esters is 1. The quantitative estimate of drug-likeness (QED) is 0.710. The van der Waals surface area contributed by atoms with Gasteiger partial charge in [-0.1, -0.05) is 0 Å². The van der Waals surface area contributed by atoms with Crippen LogP contribution in [0.2, 0.25) is 0 Å². The number of hydrogen-bond acceptors (Lipinski definition) is 6. The van der Waals surface area contributed by atoms with Crippen molar-refractivity contribution in [1.82, 2.24) is 0 Å². The Kier molecular flexibility index (Phi) is 6.69. The van der Waals surface area contributed by atoms with Crippen molar-refractivity contribution in [2.45, 2.75) is 23.5 Å². The van der Waals surface area contributed by atoms with Gasteiger partial charge >= 0.3 is 5.97 Å². The number of fused-ring (bicyclic) bond motifs is 1. The summed E-state index contributed by atoms with van der Waals surface area (Å²) in [6.45, 7) is 1.32. The zero-order chi connectivity index (χ0) is 21.7. The Morgan fingerprint density at radius 1 is 1.27 bits per heavy atom. The molecule has 0 fully saturated rings. The molecule has 1 N–H and O–H groups in total. The van der Waals surface area contributed by atoms with Gasteiger partial charge < -0.3 is 15.0 Å². The number of amides is 2. The molecule has 30 heavy (non-hydrogen) atoms. The molecule has 154 valence electrons. The highest BCUT2D eigenvalue weighted by Crippen LogP contribution is 2.36. The molecule has 1 aliphatic rings. The Bertz CT molecular complexity index is 1020. The number of nitrogens with one attached hydrogen (secondary N) is 1. The van der Waals surface area contributed by atoms with E-state index in [1.165, 1.54) is 47.0 Å². The van der Waals surface area contributed by atoms with Gasteiger partial charge in [-0.2, -0.15) is 5.26 Å². The van der Waals surface area contributed by atoms with Crippen LogP contribution in [0.15, 0.2) is 47.4 Å². The van der Waals surface area contributed by atoms with Gasteiger partial charge in [-0.25, -0.2) is 9.18 Å². The summed E-state index contributed by atoms with van der Waals surface area (Å²) in [4.78, 5) is 38.9. The average Bonchev–Trinajstić information content (AvgIpc) is 2.74. The molecule has 2 amide bonds. The molecule has 2 aromatic rings. The number of benzene rings is 2. The highest BCUT2D eigenvalue weighted by Gasteiger charge is 2.24. The van der Waals surface area contributed by atoms with Gasteiger partial charge in [0.1, 0.15) is 5.82 Å². The van der Waals surface area contributed by atoms with Crippen molar-refractivity contribution in [2.75, 3.05) is 23.4 Å². The predicted molar refractivity (Wildman–Crippen MR) is 110 cm³/mol. The molecule has 9 heteroatoms. The van der Waals surface area contributed by atoms with Crippen molar-refractivity contribution in [3.8, 4) is 6.07 Å². The minimum absolute atomic E-state index is 0.0671. The fraction of sp³-hybridized carbons (Fsp3) is 0.238. The van der Waals surface area contributed by atoms with Crippen LogP contribution in [0.4, 0.5) is 15.8 Å². The first-order valence-corrected chi connectivity index (χ1v) is 9.98. The van der Waals surface area contributed by atoms with Crippen LogP contribution >= 0.6 is 11.8 Å². The van der Waals surface area contributed by atoms with E-state index in [0.717, 1.165) is 4.90 Å². The van der Waals surface area contributed by atoms with Crippen LogP contribution in [0.5, 0.6) is 0 Å². The zero-order valence-electron chi connectivity index (χ0n) is 16.1. The molecule has 7 nitrogen and oxygen atoms in total. The molecule has 3 rings (SSSR count). The van der Waals surface area contributed by atoms with E-state index in [4.69, 9.17) is 10.00 Å². The number of nitrogens with zero attached hydrogens (tertiary/aromatic N) is 2. The second-order valence-electron chi connectivity index (χ2n) is 6.47. The van der Waals surface area contributed by atoms with Gasteiger partial charge in [0.2, 0.25) is 5.91 Å². The molecule has 1 unspecified atom stereocenters. The van der Waals surface area contributed by atoms with Crippen molar-refractivity contribution in [2.24, 2.45) is 0 Å². The Morgan fingerprint density at radius 3 is 2.70 bits per heavy atom. The molecule has 0 saturated heterocycles. The van der Waals surface area contributed by atoms with Crippen LogP contribution < -0.4 is 10.2 Å². The number of carbonyl (C=O) groups excluding carboxylic acids is 3. The predicted octanol–water partition coefficient (Wildman–Crippen LogP) is 3.36. The van der Waals surface area contributed by atoms with E-state index < -0.39 is 24.3 Å². The number of anilines is 2. The molecular weight excluding hydrogens is 409 g/mol. The fourth-order valence-corrected chi connectivity index (χ4v) is 3.74. The highest BCUT2D eigenvalue weighted by molar-refractivity contribution is 8.00. The molecule has 2 aromatic carbocycles. The first kappa shape index (κ1) is 21.3. The Hall–Kier alpha value is -3.38. The molecule has 0 bridgehead atoms. The highest BCUT2D eigenvalue weighted by atomic mass is 32.2. The van der Waals surface area contributed by atoms with Gasteiger partial charge in [0.05, 0.1) is 29.0 Å². The Labute approximate surface area is 176 Å². The molecule has 0 saturated carbocycles. The molecule has 0 aliphatic carbocycles. The molecular formula is C21H18FN3O4S. The fourth-order valence-electron chi connectivity index (χ4n) is 2.80. The van der Waals surface area contributed by atoms with E-state index in [-0.39, 0.29) is 29.7 Å². The normalized spacial score (nSPS) is 14.8. The standard InChI is InChI=1S/C21H18FN3O4S/c1-13-20(27)24-17-11-14(3-8-18(17)30-13)21(28)29-12-19(26)25(10-2-9-23)16-6-4-15(22)5-7-16/h3-8,11,13H,2,10,12H2,1H3,(H,24,27). The van der Waals surface area contributed by atoms with Crippen LogP contribution in [0, 0.1) is 17.1 Å². The van der Waals surface area contributed by atoms with Gasteiger partial charge in [0.15, 0.2) is 6.61 Å². The monoisotopic (exact) mass is 427 g/mol. The zero-order valence-corrected chi connectivity index (χ0v) is 16.9. The number of ether oxygens (including phenoxy) is 1. The number of rotatable bonds is 6. The van der Waals surface area contributed by atoms with Crippen molar-refractivity contribution < 1.29 is 23.5 Å². The van der Waals surface area contributed by atoms with E-state index in [0.29, 0.717) is 11.4 Å². The van der Waals surface area contributed by atoms with E-state index in [9.17, 15) is 18.8 Å². The summed E-state index contributed by atoms with van der Waals surface area (Å²) in [6, 6.07) is 12.0. The van der Waals surface area contributed by atoms with Crippen molar-refractivity contribution in [3.05, 3.63) is 53.8 Å². The van der Waals surface area contributed by atoms with E-state index in [2.05, 4.69) is 5.32 Å². The van der Waals surface area contributed by atoms with Crippen LogP contribution in [0.1, 0.15) is 23.7 Å². The summed E-state index contributed by atoms with van der Waals surface area (Å²) in [5, 5.41) is 11.3. The van der Waals surface area contributed by atoms with Gasteiger partial charge in [-0.15, -0.1) is 11.8 Å². The minimum atomic E-state index is -0.719.